The van der Waals surface area contributed by atoms with Crippen LogP contribution in [0.2, 0.25) is 0 Å². The minimum Gasteiger partial charge on any atom is -0.379 e. The summed E-state index contributed by atoms with van der Waals surface area (Å²) in [6, 6.07) is 4.11. The molecule has 0 amide bonds. The second-order valence-corrected chi connectivity index (χ2v) is 5.42. The highest BCUT2D eigenvalue weighted by atomic mass is 79.9. The van der Waals surface area contributed by atoms with E-state index in [4.69, 9.17) is 9.47 Å². The van der Waals surface area contributed by atoms with Crippen LogP contribution in [0, 0.1) is 0 Å². The fraction of sp³-hybridized carbons (Fsp3) is 0.600. The van der Waals surface area contributed by atoms with Gasteiger partial charge in [-0.2, -0.15) is 0 Å². The van der Waals surface area contributed by atoms with Gasteiger partial charge in [0, 0.05) is 11.5 Å². The molecular formula is C10H15BrO2S. The van der Waals surface area contributed by atoms with Crippen molar-refractivity contribution in [3.8, 4) is 0 Å². The third-order valence-electron chi connectivity index (χ3n) is 1.59. The van der Waals surface area contributed by atoms with Gasteiger partial charge in [-0.05, 0) is 34.5 Å². The summed E-state index contributed by atoms with van der Waals surface area (Å²) in [5.74, 6) is 0. The van der Waals surface area contributed by atoms with Gasteiger partial charge in [0.2, 0.25) is 0 Å². The van der Waals surface area contributed by atoms with E-state index in [0.717, 1.165) is 16.8 Å². The maximum Gasteiger partial charge on any atom is 0.0810 e. The van der Waals surface area contributed by atoms with E-state index in [1.165, 1.54) is 4.88 Å². The average molecular weight is 279 g/mol. The first-order chi connectivity index (χ1) is 6.83. The minimum atomic E-state index is 0.676. The van der Waals surface area contributed by atoms with E-state index in [2.05, 4.69) is 28.9 Å². The molecule has 0 fully saturated rings. The lowest BCUT2D eigenvalue weighted by Gasteiger charge is -2.03. The van der Waals surface area contributed by atoms with E-state index >= 15 is 0 Å². The van der Waals surface area contributed by atoms with Crippen molar-refractivity contribution in [2.75, 3.05) is 19.8 Å². The van der Waals surface area contributed by atoms with Crippen molar-refractivity contribution in [1.29, 1.82) is 0 Å². The smallest absolute Gasteiger partial charge is 0.0810 e. The van der Waals surface area contributed by atoms with E-state index < -0.39 is 0 Å². The normalized spacial score (nSPS) is 10.7. The van der Waals surface area contributed by atoms with Crippen LogP contribution in [-0.2, 0) is 16.1 Å². The summed E-state index contributed by atoms with van der Waals surface area (Å²) in [4.78, 5) is 1.24. The molecule has 0 aliphatic heterocycles. The topological polar surface area (TPSA) is 18.5 Å². The maximum absolute atomic E-state index is 5.44. The highest BCUT2D eigenvalue weighted by Gasteiger charge is 1.97. The SMILES string of the molecule is CCCOCCOCc1ccc(Br)s1. The number of ether oxygens (including phenoxy) is 2. The van der Waals surface area contributed by atoms with Crippen molar-refractivity contribution in [3.05, 3.63) is 20.8 Å². The Labute approximate surface area is 97.4 Å². The molecule has 14 heavy (non-hydrogen) atoms. The first-order valence-electron chi connectivity index (χ1n) is 4.72. The molecule has 80 valence electrons. The van der Waals surface area contributed by atoms with Crippen molar-refractivity contribution in [1.82, 2.24) is 0 Å². The van der Waals surface area contributed by atoms with Crippen molar-refractivity contribution < 1.29 is 9.47 Å². The summed E-state index contributed by atoms with van der Waals surface area (Å²) < 4.78 is 11.9. The van der Waals surface area contributed by atoms with Gasteiger partial charge in [0.25, 0.3) is 0 Å². The van der Waals surface area contributed by atoms with E-state index in [1.54, 1.807) is 11.3 Å². The summed E-state index contributed by atoms with van der Waals surface area (Å²) in [6.07, 6.45) is 1.07. The van der Waals surface area contributed by atoms with Crippen molar-refractivity contribution in [2.45, 2.75) is 20.0 Å². The molecule has 1 aromatic heterocycles. The lowest BCUT2D eigenvalue weighted by Crippen LogP contribution is -2.04. The van der Waals surface area contributed by atoms with Crippen molar-refractivity contribution in [2.24, 2.45) is 0 Å². The van der Waals surface area contributed by atoms with Crippen LogP contribution in [0.1, 0.15) is 18.2 Å². The van der Waals surface area contributed by atoms with Gasteiger partial charge in [-0.15, -0.1) is 11.3 Å². The van der Waals surface area contributed by atoms with Gasteiger partial charge in [0.05, 0.1) is 23.6 Å². The first-order valence-corrected chi connectivity index (χ1v) is 6.33. The van der Waals surface area contributed by atoms with Crippen LogP contribution in [0.3, 0.4) is 0 Å². The minimum absolute atomic E-state index is 0.676. The molecule has 0 N–H and O–H groups in total. The molecule has 0 unspecified atom stereocenters. The van der Waals surface area contributed by atoms with E-state index in [9.17, 15) is 0 Å². The average Bonchev–Trinajstić information content (AvgIpc) is 2.58. The summed E-state index contributed by atoms with van der Waals surface area (Å²) in [5.41, 5.74) is 0. The molecule has 1 aromatic rings. The Bertz CT molecular complexity index is 250. The molecule has 0 saturated carbocycles. The second kappa shape index (κ2) is 7.40. The van der Waals surface area contributed by atoms with E-state index in [0.29, 0.717) is 19.8 Å². The summed E-state index contributed by atoms with van der Waals surface area (Å²) >= 11 is 5.12. The van der Waals surface area contributed by atoms with Crippen molar-refractivity contribution in [3.63, 3.8) is 0 Å². The molecule has 2 nitrogen and oxygen atoms in total. The summed E-state index contributed by atoms with van der Waals surface area (Å²) in [5, 5.41) is 0. The quantitative estimate of drug-likeness (QED) is 0.712. The second-order valence-electron chi connectivity index (χ2n) is 2.87. The van der Waals surface area contributed by atoms with Gasteiger partial charge in [-0.3, -0.25) is 0 Å². The predicted molar refractivity (Wildman–Crippen MR) is 62.8 cm³/mol. The van der Waals surface area contributed by atoms with Crippen LogP contribution in [0.25, 0.3) is 0 Å². The van der Waals surface area contributed by atoms with Crippen LogP contribution in [-0.4, -0.2) is 19.8 Å². The van der Waals surface area contributed by atoms with Crippen LogP contribution in [0.4, 0.5) is 0 Å². The third kappa shape index (κ3) is 5.10. The molecule has 0 spiro atoms. The Morgan fingerprint density at radius 2 is 2.00 bits per heavy atom. The van der Waals surface area contributed by atoms with Gasteiger partial charge < -0.3 is 9.47 Å². The Kier molecular flexibility index (Phi) is 6.43. The molecular weight excluding hydrogens is 264 g/mol. The first kappa shape index (κ1) is 12.2. The Hall–Kier alpha value is 0.1000. The molecule has 4 heteroatoms. The molecule has 0 aromatic carbocycles. The van der Waals surface area contributed by atoms with Crippen LogP contribution >= 0.6 is 27.3 Å². The highest BCUT2D eigenvalue weighted by molar-refractivity contribution is 9.11. The fourth-order valence-corrected chi connectivity index (χ4v) is 2.39. The lowest BCUT2D eigenvalue weighted by molar-refractivity contribution is 0.0417. The maximum atomic E-state index is 5.44. The van der Waals surface area contributed by atoms with Gasteiger partial charge in [-0.1, -0.05) is 6.92 Å². The lowest BCUT2D eigenvalue weighted by atomic mass is 10.5. The number of halogens is 1. The van der Waals surface area contributed by atoms with E-state index in [-0.39, 0.29) is 0 Å². The molecule has 0 atom stereocenters. The largest absolute Gasteiger partial charge is 0.379 e. The monoisotopic (exact) mass is 278 g/mol. The zero-order valence-electron chi connectivity index (χ0n) is 8.29. The van der Waals surface area contributed by atoms with Crippen molar-refractivity contribution >= 4 is 27.3 Å². The van der Waals surface area contributed by atoms with Gasteiger partial charge in [-0.25, -0.2) is 0 Å². The number of thiophene rings is 1. The van der Waals surface area contributed by atoms with Gasteiger partial charge >= 0.3 is 0 Å². The summed E-state index contributed by atoms with van der Waals surface area (Å²) in [7, 11) is 0. The fourth-order valence-electron chi connectivity index (χ4n) is 0.966. The van der Waals surface area contributed by atoms with Crippen LogP contribution in [0.5, 0.6) is 0 Å². The standard InChI is InChI=1S/C10H15BrO2S/c1-2-5-12-6-7-13-8-9-3-4-10(11)14-9/h3-4H,2,5-8H2,1H3. The van der Waals surface area contributed by atoms with Crippen LogP contribution < -0.4 is 0 Å². The molecule has 0 radical (unpaired) electrons. The molecule has 1 rings (SSSR count). The predicted octanol–water partition coefficient (Wildman–Crippen LogP) is 3.45. The Morgan fingerprint density at radius 3 is 2.64 bits per heavy atom. The number of rotatable bonds is 7. The highest BCUT2D eigenvalue weighted by Crippen LogP contribution is 2.22. The molecule has 0 bridgehead atoms. The Balaban J connectivity index is 1.99. The molecule has 0 saturated heterocycles. The zero-order chi connectivity index (χ0) is 10.2. The molecule has 0 aliphatic carbocycles. The van der Waals surface area contributed by atoms with Gasteiger partial charge in [0.15, 0.2) is 0 Å². The number of hydrogen-bond donors (Lipinski definition) is 0. The third-order valence-corrected chi connectivity index (χ3v) is 3.19. The zero-order valence-corrected chi connectivity index (χ0v) is 10.7. The van der Waals surface area contributed by atoms with E-state index in [1.807, 2.05) is 6.07 Å². The van der Waals surface area contributed by atoms with Gasteiger partial charge in [0.1, 0.15) is 0 Å². The van der Waals surface area contributed by atoms with Crippen LogP contribution in [0.15, 0.2) is 15.9 Å². The summed E-state index contributed by atoms with van der Waals surface area (Å²) in [6.45, 7) is 4.99. The molecule has 0 aliphatic rings. The molecule has 1 heterocycles. The Morgan fingerprint density at radius 1 is 1.21 bits per heavy atom. The number of hydrogen-bond acceptors (Lipinski definition) is 3.